The van der Waals surface area contributed by atoms with E-state index in [1.807, 2.05) is 0 Å². The van der Waals surface area contributed by atoms with Crippen molar-refractivity contribution in [3.8, 4) is 0 Å². The number of fused-ring (bicyclic) bond motifs is 2. The first kappa shape index (κ1) is 22.6. The molecule has 0 aliphatic heterocycles. The minimum absolute atomic E-state index is 0.00770. The molecule has 9 heteroatoms. The molecule has 172 valence electrons. The van der Waals surface area contributed by atoms with E-state index in [0.717, 1.165) is 53.8 Å². The number of carbonyl (C=O) groups is 1. The molecular weight excluding hydrogens is 441 g/mol. The lowest BCUT2D eigenvalue weighted by Gasteiger charge is -2.27. The number of aryl methyl sites for hydroxylation is 1. The number of alkyl halides is 3. The van der Waals surface area contributed by atoms with Crippen molar-refractivity contribution in [2.75, 3.05) is 10.8 Å². The molecule has 2 saturated carbocycles. The van der Waals surface area contributed by atoms with Gasteiger partial charge in [0.1, 0.15) is 6.54 Å². The van der Waals surface area contributed by atoms with Crippen LogP contribution in [0.3, 0.4) is 0 Å². The number of sulfonamides is 1. The molecule has 5 nitrogen and oxygen atoms in total. The van der Waals surface area contributed by atoms with E-state index in [0.29, 0.717) is 11.8 Å². The molecule has 2 aliphatic carbocycles. The second-order valence-electron chi connectivity index (χ2n) is 8.72. The van der Waals surface area contributed by atoms with Gasteiger partial charge in [-0.2, -0.15) is 13.2 Å². The molecule has 1 amide bonds. The van der Waals surface area contributed by atoms with E-state index in [4.69, 9.17) is 0 Å². The summed E-state index contributed by atoms with van der Waals surface area (Å²) in [4.78, 5) is 12.7. The number of halogens is 3. The van der Waals surface area contributed by atoms with Crippen molar-refractivity contribution in [1.82, 2.24) is 5.32 Å². The Labute approximate surface area is 185 Å². The highest BCUT2D eigenvalue weighted by Crippen LogP contribution is 2.44. The molecule has 1 N–H and O–H groups in total. The second kappa shape index (κ2) is 8.42. The van der Waals surface area contributed by atoms with Crippen LogP contribution in [0.2, 0.25) is 0 Å². The summed E-state index contributed by atoms with van der Waals surface area (Å²) in [5.41, 5.74) is -0.347. The molecule has 2 bridgehead atoms. The zero-order chi connectivity index (χ0) is 23.1. The maximum Gasteiger partial charge on any atom is 0.416 e. The van der Waals surface area contributed by atoms with Crippen molar-refractivity contribution >= 4 is 21.6 Å². The first-order valence-electron chi connectivity index (χ1n) is 10.6. The Morgan fingerprint density at radius 2 is 1.81 bits per heavy atom. The molecule has 0 saturated heterocycles. The Hall–Kier alpha value is -2.55. The average Bonchev–Trinajstić information content (AvgIpc) is 3.35. The van der Waals surface area contributed by atoms with E-state index in [-0.39, 0.29) is 16.6 Å². The smallest absolute Gasteiger partial charge is 0.352 e. The predicted molar refractivity (Wildman–Crippen MR) is 115 cm³/mol. The topological polar surface area (TPSA) is 66.5 Å². The van der Waals surface area contributed by atoms with E-state index < -0.39 is 34.2 Å². The van der Waals surface area contributed by atoms with Gasteiger partial charge in [-0.15, -0.1) is 0 Å². The summed E-state index contributed by atoms with van der Waals surface area (Å²) in [5.74, 6) is 0.455. The molecule has 4 rings (SSSR count). The van der Waals surface area contributed by atoms with Gasteiger partial charge in [0, 0.05) is 6.04 Å². The maximum atomic E-state index is 13.4. The van der Waals surface area contributed by atoms with Gasteiger partial charge in [0.25, 0.3) is 10.0 Å². The van der Waals surface area contributed by atoms with E-state index in [2.05, 4.69) is 5.32 Å². The molecular formula is C23H25F3N2O3S. The van der Waals surface area contributed by atoms with Crippen LogP contribution in [0.1, 0.15) is 36.8 Å². The minimum atomic E-state index is -4.64. The number of hydrogen-bond donors (Lipinski definition) is 1. The van der Waals surface area contributed by atoms with Crippen LogP contribution < -0.4 is 9.62 Å². The molecule has 32 heavy (non-hydrogen) atoms. The van der Waals surface area contributed by atoms with Crippen molar-refractivity contribution in [2.45, 2.75) is 49.7 Å². The highest BCUT2D eigenvalue weighted by Gasteiger charge is 2.40. The Kier molecular flexibility index (Phi) is 5.96. The molecule has 0 unspecified atom stereocenters. The van der Waals surface area contributed by atoms with Gasteiger partial charge < -0.3 is 5.32 Å². The van der Waals surface area contributed by atoms with Crippen molar-refractivity contribution in [3.63, 3.8) is 0 Å². The van der Waals surface area contributed by atoms with Gasteiger partial charge in [0.15, 0.2) is 0 Å². The lowest BCUT2D eigenvalue weighted by molar-refractivity contribution is -0.137. The molecule has 2 aliphatic rings. The third kappa shape index (κ3) is 4.62. The van der Waals surface area contributed by atoms with E-state index in [1.54, 1.807) is 19.1 Å². The van der Waals surface area contributed by atoms with Crippen LogP contribution in [0.4, 0.5) is 18.9 Å². The highest BCUT2D eigenvalue weighted by atomic mass is 32.2. The number of benzene rings is 2. The number of rotatable bonds is 6. The average molecular weight is 467 g/mol. The Bertz CT molecular complexity index is 1100. The van der Waals surface area contributed by atoms with Gasteiger partial charge in [0.05, 0.1) is 16.1 Å². The van der Waals surface area contributed by atoms with Gasteiger partial charge in [0.2, 0.25) is 5.91 Å². The van der Waals surface area contributed by atoms with Crippen molar-refractivity contribution < 1.29 is 26.4 Å². The van der Waals surface area contributed by atoms with Crippen molar-refractivity contribution in [2.24, 2.45) is 11.8 Å². The lowest BCUT2D eigenvalue weighted by Crippen LogP contribution is -2.46. The van der Waals surface area contributed by atoms with Crippen molar-refractivity contribution in [1.29, 1.82) is 0 Å². The number of nitrogens with zero attached hydrogens (tertiary/aromatic N) is 1. The van der Waals surface area contributed by atoms with Gasteiger partial charge in [-0.05, 0) is 68.4 Å². The lowest BCUT2D eigenvalue weighted by atomic mass is 9.95. The van der Waals surface area contributed by atoms with Gasteiger partial charge in [-0.25, -0.2) is 8.42 Å². The second-order valence-corrected chi connectivity index (χ2v) is 10.6. The molecule has 0 aromatic heterocycles. The molecule has 3 atom stereocenters. The number of amides is 1. The first-order valence-corrected chi connectivity index (χ1v) is 12.0. The van der Waals surface area contributed by atoms with E-state index >= 15 is 0 Å². The summed E-state index contributed by atoms with van der Waals surface area (Å²) in [7, 11) is -4.27. The molecule has 2 aromatic rings. The quantitative estimate of drug-likeness (QED) is 0.681. The van der Waals surface area contributed by atoms with Gasteiger partial charge in [-0.3, -0.25) is 9.10 Å². The Morgan fingerprint density at radius 1 is 1.09 bits per heavy atom. The number of hydrogen-bond acceptors (Lipinski definition) is 3. The molecule has 0 heterocycles. The van der Waals surface area contributed by atoms with E-state index in [1.165, 1.54) is 18.2 Å². The molecule has 0 radical (unpaired) electrons. The maximum absolute atomic E-state index is 13.4. The summed E-state index contributed by atoms with van der Waals surface area (Å²) < 4.78 is 67.3. The van der Waals surface area contributed by atoms with Crippen molar-refractivity contribution in [3.05, 3.63) is 59.7 Å². The summed E-state index contributed by atoms with van der Waals surface area (Å²) in [6.45, 7) is 1.20. The van der Waals surface area contributed by atoms with E-state index in [9.17, 15) is 26.4 Å². The third-order valence-corrected chi connectivity index (χ3v) is 8.23. The van der Waals surface area contributed by atoms with Crippen LogP contribution >= 0.6 is 0 Å². The predicted octanol–water partition coefficient (Wildman–Crippen LogP) is 4.51. The normalized spacial score (nSPS) is 22.7. The summed E-state index contributed by atoms with van der Waals surface area (Å²) >= 11 is 0. The zero-order valence-electron chi connectivity index (χ0n) is 17.6. The summed E-state index contributed by atoms with van der Waals surface area (Å²) in [6, 6.07) is 10.0. The fraction of sp³-hybridized carbons (Fsp3) is 0.435. The third-order valence-electron chi connectivity index (χ3n) is 6.44. The Balaban J connectivity index is 1.65. The SMILES string of the molecule is Cc1ccc(S(=O)(=O)N(CC(=O)N[C@H]2C[C@H]3CC[C@H]2C3)c2cccc(C(F)(F)F)c2)cc1. The zero-order valence-corrected chi connectivity index (χ0v) is 18.4. The summed E-state index contributed by atoms with van der Waals surface area (Å²) in [5, 5.41) is 2.92. The van der Waals surface area contributed by atoms with Crippen LogP contribution in [0.5, 0.6) is 0 Å². The first-order chi connectivity index (χ1) is 15.0. The molecule has 2 fully saturated rings. The largest absolute Gasteiger partial charge is 0.416 e. The number of nitrogens with one attached hydrogen (secondary N) is 1. The molecule has 0 spiro atoms. The number of carbonyl (C=O) groups excluding carboxylic acids is 1. The standard InChI is InChI=1S/C23H25F3N2O3S/c1-15-5-9-20(10-6-15)32(30,31)28(19-4-2-3-18(13-19)23(24,25)26)14-22(29)27-21-12-16-7-8-17(21)11-16/h2-6,9-10,13,16-17,21H,7-8,11-12,14H2,1H3,(H,27,29)/t16-,17-,21-/m0/s1. The van der Waals surface area contributed by atoms with Crippen LogP contribution in [0.15, 0.2) is 53.4 Å². The summed E-state index contributed by atoms with van der Waals surface area (Å²) in [6.07, 6.45) is -0.529. The fourth-order valence-corrected chi connectivity index (χ4v) is 6.21. The highest BCUT2D eigenvalue weighted by molar-refractivity contribution is 7.92. The fourth-order valence-electron chi connectivity index (χ4n) is 4.79. The Morgan fingerprint density at radius 3 is 2.41 bits per heavy atom. The minimum Gasteiger partial charge on any atom is -0.352 e. The van der Waals surface area contributed by atoms with Crippen LogP contribution in [0.25, 0.3) is 0 Å². The van der Waals surface area contributed by atoms with Gasteiger partial charge >= 0.3 is 6.18 Å². The number of anilines is 1. The van der Waals surface area contributed by atoms with Gasteiger partial charge in [-0.1, -0.05) is 30.2 Å². The van der Waals surface area contributed by atoms with Crippen LogP contribution in [-0.4, -0.2) is 26.9 Å². The molecule has 2 aromatic carbocycles. The van der Waals surface area contributed by atoms with Crippen LogP contribution in [-0.2, 0) is 21.0 Å². The monoisotopic (exact) mass is 466 g/mol. The van der Waals surface area contributed by atoms with Crippen LogP contribution in [0, 0.1) is 18.8 Å².